The van der Waals surface area contributed by atoms with Gasteiger partial charge in [-0.05, 0) is 31.4 Å². The Hall–Kier alpha value is -1.54. The number of nitrogens with zero attached hydrogens (tertiary/aromatic N) is 2. The summed E-state index contributed by atoms with van der Waals surface area (Å²) in [6.45, 7) is 1.73. The first-order valence-corrected chi connectivity index (χ1v) is 8.11. The van der Waals surface area contributed by atoms with Gasteiger partial charge in [0.05, 0.1) is 5.41 Å². The number of carboxylic acids is 1. The van der Waals surface area contributed by atoms with E-state index in [0.717, 1.165) is 10.4 Å². The van der Waals surface area contributed by atoms with Crippen molar-refractivity contribution in [3.63, 3.8) is 0 Å². The number of pyridine rings is 1. The predicted molar refractivity (Wildman–Crippen MR) is 72.5 cm³/mol. The second kappa shape index (κ2) is 5.69. The number of aromatic nitrogens is 1. The van der Waals surface area contributed by atoms with E-state index in [2.05, 4.69) is 4.98 Å². The average molecular weight is 316 g/mol. The van der Waals surface area contributed by atoms with Crippen LogP contribution in [0.25, 0.3) is 0 Å². The van der Waals surface area contributed by atoms with Crippen molar-refractivity contribution in [1.82, 2.24) is 9.29 Å². The number of piperidine rings is 1. The van der Waals surface area contributed by atoms with Crippen LogP contribution in [0.1, 0.15) is 26.2 Å². The highest BCUT2D eigenvalue weighted by Gasteiger charge is 2.45. The molecule has 1 saturated heterocycles. The molecule has 1 aromatic rings. The molecule has 0 aromatic carbocycles. The smallest absolute Gasteiger partial charge is 0.310 e. The van der Waals surface area contributed by atoms with E-state index in [0.29, 0.717) is 19.3 Å². The van der Waals surface area contributed by atoms with Gasteiger partial charge in [0, 0.05) is 19.3 Å². The van der Waals surface area contributed by atoms with Gasteiger partial charge in [0.2, 0.25) is 5.03 Å². The Balaban J connectivity index is 2.38. The molecule has 1 fully saturated rings. The van der Waals surface area contributed by atoms with Crippen molar-refractivity contribution in [2.45, 2.75) is 31.2 Å². The fraction of sp³-hybridized carbons (Fsp3) is 0.538. The summed E-state index contributed by atoms with van der Waals surface area (Å²) in [6.07, 6.45) is 2.35. The molecule has 116 valence electrons. The fourth-order valence-electron chi connectivity index (χ4n) is 2.59. The van der Waals surface area contributed by atoms with Crippen LogP contribution >= 0.6 is 0 Å². The number of rotatable bonds is 4. The van der Waals surface area contributed by atoms with Crippen molar-refractivity contribution >= 4 is 16.0 Å². The molecule has 0 spiro atoms. The molecule has 1 aliphatic rings. The van der Waals surface area contributed by atoms with Gasteiger partial charge in [0.15, 0.2) is 5.82 Å². The van der Waals surface area contributed by atoms with Crippen molar-refractivity contribution in [3.8, 4) is 0 Å². The number of hydrogen-bond donors (Lipinski definition) is 1. The van der Waals surface area contributed by atoms with Gasteiger partial charge >= 0.3 is 5.97 Å². The lowest BCUT2D eigenvalue weighted by Gasteiger charge is -2.38. The van der Waals surface area contributed by atoms with Crippen LogP contribution < -0.4 is 0 Å². The monoisotopic (exact) mass is 316 g/mol. The van der Waals surface area contributed by atoms with E-state index in [9.17, 15) is 22.7 Å². The van der Waals surface area contributed by atoms with Gasteiger partial charge in [-0.15, -0.1) is 0 Å². The first kappa shape index (κ1) is 15.8. The minimum absolute atomic E-state index is 0.156. The van der Waals surface area contributed by atoms with Crippen LogP contribution in [-0.2, 0) is 14.8 Å². The van der Waals surface area contributed by atoms with Crippen molar-refractivity contribution < 1.29 is 22.7 Å². The van der Waals surface area contributed by atoms with E-state index in [1.165, 1.54) is 12.3 Å². The molecule has 8 heteroatoms. The van der Waals surface area contributed by atoms with E-state index in [1.54, 1.807) is 6.92 Å². The third kappa shape index (κ3) is 2.77. The zero-order chi connectivity index (χ0) is 15.7. The molecule has 1 aliphatic heterocycles. The molecule has 2 heterocycles. The number of carboxylic acid groups (broad SMARTS) is 1. The molecule has 1 unspecified atom stereocenters. The molecule has 21 heavy (non-hydrogen) atoms. The first-order valence-electron chi connectivity index (χ1n) is 6.67. The second-order valence-electron chi connectivity index (χ2n) is 5.17. The highest BCUT2D eigenvalue weighted by atomic mass is 32.2. The summed E-state index contributed by atoms with van der Waals surface area (Å²) in [5.41, 5.74) is -1.11. The molecule has 1 N–H and O–H groups in total. The molecule has 1 aromatic heterocycles. The minimum Gasteiger partial charge on any atom is -0.481 e. The Morgan fingerprint density at radius 1 is 1.57 bits per heavy atom. The molecule has 0 saturated carbocycles. The summed E-state index contributed by atoms with van der Waals surface area (Å²) >= 11 is 0. The summed E-state index contributed by atoms with van der Waals surface area (Å²) in [5.74, 6) is -1.95. The first-order chi connectivity index (χ1) is 9.83. The third-order valence-electron chi connectivity index (χ3n) is 3.98. The Bertz CT molecular complexity index is 649. The Labute approximate surface area is 122 Å². The lowest BCUT2D eigenvalue weighted by Crippen LogP contribution is -2.49. The second-order valence-corrected chi connectivity index (χ2v) is 7.02. The Morgan fingerprint density at radius 3 is 2.86 bits per heavy atom. The van der Waals surface area contributed by atoms with Crippen LogP contribution in [0.15, 0.2) is 23.4 Å². The van der Waals surface area contributed by atoms with E-state index >= 15 is 0 Å². The topological polar surface area (TPSA) is 87.6 Å². The van der Waals surface area contributed by atoms with Crippen LogP contribution in [0.3, 0.4) is 0 Å². The number of carbonyl (C=O) groups is 1. The van der Waals surface area contributed by atoms with E-state index in [1.807, 2.05) is 0 Å². The molecule has 0 radical (unpaired) electrons. The molecular weight excluding hydrogens is 299 g/mol. The zero-order valence-corrected chi connectivity index (χ0v) is 12.4. The quantitative estimate of drug-likeness (QED) is 0.909. The van der Waals surface area contributed by atoms with Gasteiger partial charge in [0.25, 0.3) is 10.0 Å². The van der Waals surface area contributed by atoms with E-state index in [-0.39, 0.29) is 13.1 Å². The summed E-state index contributed by atoms with van der Waals surface area (Å²) in [7, 11) is -4.12. The lowest BCUT2D eigenvalue weighted by atomic mass is 9.78. The SMILES string of the molecule is CCC1(C(=O)O)CCCN(S(=O)(=O)c2ncccc2F)C1. The fourth-order valence-corrected chi connectivity index (χ4v) is 4.13. The van der Waals surface area contributed by atoms with Gasteiger partial charge < -0.3 is 5.11 Å². The number of halogens is 1. The van der Waals surface area contributed by atoms with Crippen molar-refractivity contribution in [1.29, 1.82) is 0 Å². The molecule has 0 amide bonds. The largest absolute Gasteiger partial charge is 0.481 e. The summed E-state index contributed by atoms with van der Waals surface area (Å²) in [4.78, 5) is 15.1. The predicted octanol–water partition coefficient (Wildman–Crippen LogP) is 1.49. The maximum atomic E-state index is 13.7. The molecule has 6 nitrogen and oxygen atoms in total. The Morgan fingerprint density at radius 2 is 2.29 bits per heavy atom. The molecule has 0 aliphatic carbocycles. The standard InChI is InChI=1S/C13H17FN2O4S/c1-2-13(12(17)18)6-4-8-16(9-13)21(19,20)11-10(14)5-3-7-15-11/h3,5,7H,2,4,6,8-9H2,1H3,(H,17,18). The normalized spacial score (nSPS) is 23.9. The molecular formula is C13H17FN2O4S. The van der Waals surface area contributed by atoms with Crippen LogP contribution in [0, 0.1) is 11.2 Å². The number of hydrogen-bond acceptors (Lipinski definition) is 4. The van der Waals surface area contributed by atoms with Crippen LogP contribution in [0.5, 0.6) is 0 Å². The molecule has 1 atom stereocenters. The average Bonchev–Trinajstić information content (AvgIpc) is 2.47. The highest BCUT2D eigenvalue weighted by Crippen LogP contribution is 2.36. The lowest BCUT2D eigenvalue weighted by molar-refractivity contribution is -0.151. The summed E-state index contributed by atoms with van der Waals surface area (Å²) < 4.78 is 39.6. The van der Waals surface area contributed by atoms with Crippen LogP contribution in [-0.4, -0.2) is 41.9 Å². The summed E-state index contributed by atoms with van der Waals surface area (Å²) in [5, 5.41) is 8.74. The van der Waals surface area contributed by atoms with Crippen LogP contribution in [0.2, 0.25) is 0 Å². The van der Waals surface area contributed by atoms with Gasteiger partial charge in [-0.1, -0.05) is 6.92 Å². The Kier molecular flexibility index (Phi) is 4.29. The van der Waals surface area contributed by atoms with E-state index < -0.39 is 32.3 Å². The molecule has 2 rings (SSSR count). The number of sulfonamides is 1. The maximum Gasteiger partial charge on any atom is 0.310 e. The van der Waals surface area contributed by atoms with Gasteiger partial charge in [-0.2, -0.15) is 4.31 Å². The minimum atomic E-state index is -4.12. The van der Waals surface area contributed by atoms with Crippen LogP contribution in [0.4, 0.5) is 4.39 Å². The van der Waals surface area contributed by atoms with Crippen molar-refractivity contribution in [2.24, 2.45) is 5.41 Å². The number of aliphatic carboxylic acids is 1. The van der Waals surface area contributed by atoms with Gasteiger partial charge in [0.1, 0.15) is 0 Å². The van der Waals surface area contributed by atoms with Crippen molar-refractivity contribution in [3.05, 3.63) is 24.1 Å². The maximum absolute atomic E-state index is 13.7. The van der Waals surface area contributed by atoms with E-state index in [4.69, 9.17) is 0 Å². The van der Waals surface area contributed by atoms with Gasteiger partial charge in [-0.25, -0.2) is 17.8 Å². The molecule has 0 bridgehead atoms. The highest BCUT2D eigenvalue weighted by molar-refractivity contribution is 7.89. The summed E-state index contributed by atoms with van der Waals surface area (Å²) in [6, 6.07) is 2.33. The van der Waals surface area contributed by atoms with Crippen molar-refractivity contribution in [2.75, 3.05) is 13.1 Å². The zero-order valence-electron chi connectivity index (χ0n) is 11.6. The van der Waals surface area contributed by atoms with Gasteiger partial charge in [-0.3, -0.25) is 4.79 Å². The third-order valence-corrected chi connectivity index (χ3v) is 5.76.